The minimum absolute atomic E-state index is 0.0742. The first-order valence-corrected chi connectivity index (χ1v) is 7.52. The summed E-state index contributed by atoms with van der Waals surface area (Å²) in [5.41, 5.74) is 7.87. The lowest BCUT2D eigenvalue weighted by atomic mass is 10.2. The molecule has 0 spiro atoms. The first-order chi connectivity index (χ1) is 11.1. The van der Waals surface area contributed by atoms with Gasteiger partial charge in [0.2, 0.25) is 0 Å². The highest BCUT2D eigenvalue weighted by atomic mass is 16.5. The molecule has 0 radical (unpaired) electrons. The molecule has 5 nitrogen and oxygen atoms in total. The Morgan fingerprint density at radius 1 is 1.22 bits per heavy atom. The van der Waals surface area contributed by atoms with Gasteiger partial charge in [-0.3, -0.25) is 0 Å². The Hall–Kier alpha value is -2.69. The fourth-order valence-corrected chi connectivity index (χ4v) is 2.11. The predicted molar refractivity (Wildman–Crippen MR) is 94.4 cm³/mol. The van der Waals surface area contributed by atoms with Crippen LogP contribution in [0, 0.1) is 6.92 Å². The first-order valence-electron chi connectivity index (χ1n) is 7.52. The summed E-state index contributed by atoms with van der Waals surface area (Å²) in [7, 11) is 1.62. The van der Waals surface area contributed by atoms with Crippen LogP contribution < -0.4 is 20.5 Å². The summed E-state index contributed by atoms with van der Waals surface area (Å²) in [6.07, 6.45) is -0.0742. The number of aryl methyl sites for hydroxylation is 1. The number of nitrogens with one attached hydrogen (secondary N) is 1. The molecule has 0 aliphatic carbocycles. The molecule has 0 saturated heterocycles. The second-order valence-corrected chi connectivity index (χ2v) is 5.30. The largest absolute Gasteiger partial charge is 0.495 e. The van der Waals surface area contributed by atoms with Crippen molar-refractivity contribution in [1.82, 2.24) is 0 Å². The number of para-hydroxylation sites is 2. The molecule has 0 aromatic heterocycles. The molecular weight excluding hydrogens is 290 g/mol. The van der Waals surface area contributed by atoms with E-state index in [9.17, 15) is 0 Å². The third-order valence-corrected chi connectivity index (χ3v) is 3.22. The number of hydrogen-bond donors (Lipinski definition) is 2. The fourth-order valence-electron chi connectivity index (χ4n) is 2.11. The number of benzene rings is 2. The minimum atomic E-state index is -0.0742. The average molecular weight is 313 g/mol. The number of hydrogen-bond acceptors (Lipinski definition) is 3. The number of aliphatic imine (C=N–C) groups is 1. The van der Waals surface area contributed by atoms with Gasteiger partial charge in [0.15, 0.2) is 5.96 Å². The van der Waals surface area contributed by atoms with Crippen LogP contribution >= 0.6 is 0 Å². The Kier molecular flexibility index (Phi) is 5.86. The minimum Gasteiger partial charge on any atom is -0.495 e. The molecule has 2 aromatic rings. The maximum atomic E-state index is 5.92. The van der Waals surface area contributed by atoms with Crippen molar-refractivity contribution in [3.63, 3.8) is 0 Å². The van der Waals surface area contributed by atoms with E-state index in [1.165, 1.54) is 0 Å². The SMILES string of the molecule is COc1ccccc1NC(N)=NCC(C)Oc1cccc(C)c1. The van der Waals surface area contributed by atoms with Gasteiger partial charge in [0.1, 0.15) is 17.6 Å². The molecule has 5 heteroatoms. The lowest BCUT2D eigenvalue weighted by molar-refractivity contribution is 0.230. The van der Waals surface area contributed by atoms with Crippen LogP contribution in [0.2, 0.25) is 0 Å². The smallest absolute Gasteiger partial charge is 0.193 e. The number of nitrogens with zero attached hydrogens (tertiary/aromatic N) is 1. The number of methoxy groups -OCH3 is 1. The fraction of sp³-hybridized carbons (Fsp3) is 0.278. The number of rotatable bonds is 6. The topological polar surface area (TPSA) is 68.9 Å². The van der Waals surface area contributed by atoms with E-state index < -0.39 is 0 Å². The van der Waals surface area contributed by atoms with Crippen LogP contribution in [0.5, 0.6) is 11.5 Å². The van der Waals surface area contributed by atoms with Crippen molar-refractivity contribution in [1.29, 1.82) is 0 Å². The molecule has 122 valence electrons. The van der Waals surface area contributed by atoms with Crippen molar-refractivity contribution in [2.75, 3.05) is 19.0 Å². The Bertz CT molecular complexity index is 671. The zero-order valence-electron chi connectivity index (χ0n) is 13.7. The van der Waals surface area contributed by atoms with Gasteiger partial charge in [0.25, 0.3) is 0 Å². The summed E-state index contributed by atoms with van der Waals surface area (Å²) in [6, 6.07) is 15.5. The van der Waals surface area contributed by atoms with Gasteiger partial charge in [-0.1, -0.05) is 24.3 Å². The van der Waals surface area contributed by atoms with Crippen LogP contribution in [0.4, 0.5) is 5.69 Å². The van der Waals surface area contributed by atoms with Crippen molar-refractivity contribution >= 4 is 11.6 Å². The van der Waals surface area contributed by atoms with Crippen LogP contribution in [0.15, 0.2) is 53.5 Å². The monoisotopic (exact) mass is 313 g/mol. The Morgan fingerprint density at radius 2 is 2.00 bits per heavy atom. The Morgan fingerprint density at radius 3 is 2.74 bits per heavy atom. The molecular formula is C18H23N3O2. The summed E-state index contributed by atoms with van der Waals surface area (Å²) in [6.45, 7) is 4.45. The van der Waals surface area contributed by atoms with E-state index >= 15 is 0 Å². The molecule has 3 N–H and O–H groups in total. The highest BCUT2D eigenvalue weighted by Gasteiger charge is 2.05. The Balaban J connectivity index is 1.91. The lowest BCUT2D eigenvalue weighted by Crippen LogP contribution is -2.26. The number of ether oxygens (including phenoxy) is 2. The number of nitrogens with two attached hydrogens (primary N) is 1. The molecule has 0 fully saturated rings. The third-order valence-electron chi connectivity index (χ3n) is 3.22. The van der Waals surface area contributed by atoms with Gasteiger partial charge in [-0.15, -0.1) is 0 Å². The van der Waals surface area contributed by atoms with Crippen LogP contribution in [0.1, 0.15) is 12.5 Å². The zero-order chi connectivity index (χ0) is 16.7. The van der Waals surface area contributed by atoms with E-state index in [2.05, 4.69) is 10.3 Å². The quantitative estimate of drug-likeness (QED) is 0.635. The van der Waals surface area contributed by atoms with Gasteiger partial charge in [-0.05, 0) is 43.7 Å². The molecule has 23 heavy (non-hydrogen) atoms. The maximum absolute atomic E-state index is 5.92. The summed E-state index contributed by atoms with van der Waals surface area (Å²) < 4.78 is 11.1. The van der Waals surface area contributed by atoms with E-state index in [4.69, 9.17) is 15.2 Å². The molecule has 1 atom stereocenters. The van der Waals surface area contributed by atoms with Gasteiger partial charge in [0, 0.05) is 0 Å². The molecule has 0 aliphatic heterocycles. The first kappa shape index (κ1) is 16.7. The van der Waals surface area contributed by atoms with Crippen LogP contribution in [-0.4, -0.2) is 25.7 Å². The van der Waals surface area contributed by atoms with Crippen molar-refractivity contribution in [2.45, 2.75) is 20.0 Å². The van der Waals surface area contributed by atoms with Crippen LogP contribution in [0.25, 0.3) is 0 Å². The van der Waals surface area contributed by atoms with Crippen molar-refractivity contribution in [3.05, 3.63) is 54.1 Å². The standard InChI is InChI=1S/C18H23N3O2/c1-13-7-6-8-15(11-13)23-14(2)12-20-18(19)21-16-9-4-5-10-17(16)22-3/h4-11,14H,12H2,1-3H3,(H3,19,20,21). The molecule has 0 heterocycles. The highest BCUT2D eigenvalue weighted by Crippen LogP contribution is 2.22. The number of guanidine groups is 1. The van der Waals surface area contributed by atoms with Gasteiger partial charge < -0.3 is 20.5 Å². The Labute approximate surface area is 137 Å². The molecule has 2 aromatic carbocycles. The van der Waals surface area contributed by atoms with Gasteiger partial charge >= 0.3 is 0 Å². The molecule has 0 bridgehead atoms. The third kappa shape index (κ3) is 5.21. The normalized spacial score (nSPS) is 12.6. The van der Waals surface area contributed by atoms with Gasteiger partial charge in [-0.2, -0.15) is 0 Å². The van der Waals surface area contributed by atoms with Crippen LogP contribution in [-0.2, 0) is 0 Å². The van der Waals surface area contributed by atoms with E-state index in [0.29, 0.717) is 12.5 Å². The zero-order valence-corrected chi connectivity index (χ0v) is 13.7. The molecule has 0 amide bonds. The lowest BCUT2D eigenvalue weighted by Gasteiger charge is -2.14. The van der Waals surface area contributed by atoms with Crippen molar-refractivity contribution < 1.29 is 9.47 Å². The maximum Gasteiger partial charge on any atom is 0.193 e. The average Bonchev–Trinajstić information content (AvgIpc) is 2.53. The molecule has 0 saturated carbocycles. The summed E-state index contributed by atoms with van der Waals surface area (Å²) in [4.78, 5) is 4.32. The van der Waals surface area contributed by atoms with Gasteiger partial charge in [-0.25, -0.2) is 4.99 Å². The van der Waals surface area contributed by atoms with Crippen molar-refractivity contribution in [2.24, 2.45) is 10.7 Å². The summed E-state index contributed by atoms with van der Waals surface area (Å²) in [5, 5.41) is 3.04. The van der Waals surface area contributed by atoms with E-state index in [1.54, 1.807) is 7.11 Å². The molecule has 1 unspecified atom stereocenters. The van der Waals surface area contributed by atoms with Gasteiger partial charge in [0.05, 0.1) is 19.3 Å². The molecule has 0 aliphatic rings. The highest BCUT2D eigenvalue weighted by molar-refractivity contribution is 5.93. The van der Waals surface area contributed by atoms with Crippen LogP contribution in [0.3, 0.4) is 0 Å². The van der Waals surface area contributed by atoms with Crippen molar-refractivity contribution in [3.8, 4) is 11.5 Å². The summed E-state index contributed by atoms with van der Waals surface area (Å²) >= 11 is 0. The van der Waals surface area contributed by atoms with E-state index in [0.717, 1.165) is 22.7 Å². The second kappa shape index (κ2) is 8.08. The number of anilines is 1. The summed E-state index contributed by atoms with van der Waals surface area (Å²) in [5.74, 6) is 1.88. The molecule has 2 rings (SSSR count). The predicted octanol–water partition coefficient (Wildman–Crippen LogP) is 3.20. The van der Waals surface area contributed by atoms with E-state index in [1.807, 2.05) is 62.4 Å². The second-order valence-electron chi connectivity index (χ2n) is 5.30. The van der Waals surface area contributed by atoms with E-state index in [-0.39, 0.29) is 6.10 Å².